The van der Waals surface area contributed by atoms with E-state index in [0.717, 1.165) is 6.26 Å². The molecule has 0 bridgehead atoms. The standard InChI is InChI=1S/C18H19N5O5/c1-2-27-14-3-4-19-18(21-14)23-7-5-22(6-8-23)16(24)12-9-13-15(20-12)11(10-28-13)17(25)26/h3-4,9-10,20H,2,5-8H2,1H3,(H,25,26). The molecule has 1 amide bonds. The number of amides is 1. The lowest BCUT2D eigenvalue weighted by atomic mass is 10.3. The van der Waals surface area contributed by atoms with Crippen LogP contribution in [0.4, 0.5) is 5.95 Å². The van der Waals surface area contributed by atoms with Crippen molar-refractivity contribution in [3.63, 3.8) is 0 Å². The molecule has 0 saturated carbocycles. The Balaban J connectivity index is 1.44. The number of carbonyl (C=O) groups is 2. The molecule has 146 valence electrons. The first-order valence-electron chi connectivity index (χ1n) is 8.90. The average Bonchev–Trinajstić information content (AvgIpc) is 3.29. The molecule has 0 aromatic carbocycles. The van der Waals surface area contributed by atoms with E-state index in [9.17, 15) is 9.59 Å². The van der Waals surface area contributed by atoms with Crippen LogP contribution in [0.25, 0.3) is 11.1 Å². The van der Waals surface area contributed by atoms with Crippen molar-refractivity contribution in [3.8, 4) is 5.88 Å². The van der Waals surface area contributed by atoms with Gasteiger partial charge >= 0.3 is 5.97 Å². The molecule has 0 atom stereocenters. The van der Waals surface area contributed by atoms with Gasteiger partial charge in [0.15, 0.2) is 5.58 Å². The van der Waals surface area contributed by atoms with E-state index in [1.165, 1.54) is 6.07 Å². The Hall–Kier alpha value is -3.56. The van der Waals surface area contributed by atoms with Gasteiger partial charge in [-0.15, -0.1) is 0 Å². The lowest BCUT2D eigenvalue weighted by Crippen LogP contribution is -2.49. The predicted molar refractivity (Wildman–Crippen MR) is 98.8 cm³/mol. The van der Waals surface area contributed by atoms with Gasteiger partial charge in [-0.25, -0.2) is 9.78 Å². The van der Waals surface area contributed by atoms with Crippen LogP contribution in [-0.4, -0.2) is 69.6 Å². The van der Waals surface area contributed by atoms with E-state index in [-0.39, 0.29) is 11.5 Å². The van der Waals surface area contributed by atoms with Crippen LogP contribution < -0.4 is 9.64 Å². The van der Waals surface area contributed by atoms with Crippen LogP contribution >= 0.6 is 0 Å². The summed E-state index contributed by atoms with van der Waals surface area (Å²) in [7, 11) is 0. The number of aromatic amines is 1. The predicted octanol–water partition coefficient (Wildman–Crippen LogP) is 1.61. The number of furan rings is 1. The molecule has 3 aromatic heterocycles. The van der Waals surface area contributed by atoms with Crippen molar-refractivity contribution < 1.29 is 23.8 Å². The molecule has 1 aliphatic heterocycles. The number of aromatic nitrogens is 3. The van der Waals surface area contributed by atoms with E-state index in [1.54, 1.807) is 17.2 Å². The molecule has 1 aliphatic rings. The van der Waals surface area contributed by atoms with Gasteiger partial charge in [0, 0.05) is 44.5 Å². The van der Waals surface area contributed by atoms with Crippen LogP contribution in [0.5, 0.6) is 5.88 Å². The average molecular weight is 385 g/mol. The molecule has 10 heteroatoms. The second-order valence-electron chi connectivity index (χ2n) is 6.28. The van der Waals surface area contributed by atoms with Gasteiger partial charge in [0.2, 0.25) is 11.8 Å². The first-order chi connectivity index (χ1) is 13.6. The van der Waals surface area contributed by atoms with Gasteiger partial charge in [0.25, 0.3) is 5.91 Å². The quantitative estimate of drug-likeness (QED) is 0.679. The Labute approximate surface area is 159 Å². The number of rotatable bonds is 5. The van der Waals surface area contributed by atoms with E-state index in [4.69, 9.17) is 14.3 Å². The highest BCUT2D eigenvalue weighted by atomic mass is 16.5. The summed E-state index contributed by atoms with van der Waals surface area (Å²) >= 11 is 0. The molecule has 0 radical (unpaired) electrons. The fourth-order valence-electron chi connectivity index (χ4n) is 3.18. The number of H-pyrrole nitrogens is 1. The van der Waals surface area contributed by atoms with Crippen LogP contribution in [0.3, 0.4) is 0 Å². The van der Waals surface area contributed by atoms with Crippen molar-refractivity contribution in [2.45, 2.75) is 6.92 Å². The topological polar surface area (TPSA) is 125 Å². The van der Waals surface area contributed by atoms with Gasteiger partial charge in [-0.2, -0.15) is 4.98 Å². The summed E-state index contributed by atoms with van der Waals surface area (Å²) < 4.78 is 10.6. The van der Waals surface area contributed by atoms with Gasteiger partial charge in [0.05, 0.1) is 12.1 Å². The zero-order chi connectivity index (χ0) is 19.7. The third kappa shape index (κ3) is 3.24. The molecule has 2 N–H and O–H groups in total. The van der Waals surface area contributed by atoms with Crippen LogP contribution in [0.1, 0.15) is 27.8 Å². The number of hydrogen-bond donors (Lipinski definition) is 2. The SMILES string of the molecule is CCOc1ccnc(N2CCN(C(=O)c3cc4occ(C(=O)O)c4[nH]3)CC2)n1. The second-order valence-corrected chi connectivity index (χ2v) is 6.28. The molecule has 4 heterocycles. The zero-order valence-electron chi connectivity index (χ0n) is 15.2. The fraction of sp³-hybridized carbons (Fsp3) is 0.333. The van der Waals surface area contributed by atoms with Gasteiger partial charge in [-0.1, -0.05) is 0 Å². The van der Waals surface area contributed by atoms with Crippen molar-refractivity contribution >= 4 is 28.9 Å². The zero-order valence-corrected chi connectivity index (χ0v) is 15.2. The molecule has 0 unspecified atom stereocenters. The van der Waals surface area contributed by atoms with Crippen molar-refractivity contribution in [3.05, 3.63) is 35.9 Å². The Bertz CT molecular complexity index is 1020. The molecule has 1 fully saturated rings. The number of nitrogens with one attached hydrogen (secondary N) is 1. The minimum Gasteiger partial charge on any atom is -0.478 e. The van der Waals surface area contributed by atoms with Crippen LogP contribution in [0, 0.1) is 0 Å². The summed E-state index contributed by atoms with van der Waals surface area (Å²) in [5.74, 6) is -0.218. The second kappa shape index (κ2) is 7.22. The molecule has 0 aliphatic carbocycles. The lowest BCUT2D eigenvalue weighted by Gasteiger charge is -2.34. The monoisotopic (exact) mass is 385 g/mol. The molecule has 10 nitrogen and oxygen atoms in total. The highest BCUT2D eigenvalue weighted by Gasteiger charge is 2.26. The number of hydrogen-bond acceptors (Lipinski definition) is 7. The summed E-state index contributed by atoms with van der Waals surface area (Å²) in [6, 6.07) is 3.24. The molecule has 28 heavy (non-hydrogen) atoms. The number of aromatic carboxylic acids is 1. The minimum absolute atomic E-state index is 0.00481. The van der Waals surface area contributed by atoms with Crippen molar-refractivity contribution in [1.29, 1.82) is 0 Å². The van der Waals surface area contributed by atoms with Gasteiger partial charge in [-0.05, 0) is 6.92 Å². The number of carboxylic acid groups (broad SMARTS) is 1. The fourth-order valence-corrected chi connectivity index (χ4v) is 3.18. The van der Waals surface area contributed by atoms with Crippen LogP contribution in [0.15, 0.2) is 29.0 Å². The largest absolute Gasteiger partial charge is 0.478 e. The number of carboxylic acids is 1. The van der Waals surface area contributed by atoms with Crippen LogP contribution in [-0.2, 0) is 0 Å². The van der Waals surface area contributed by atoms with E-state index in [2.05, 4.69) is 15.0 Å². The van der Waals surface area contributed by atoms with Gasteiger partial charge in [0.1, 0.15) is 17.5 Å². The number of fused-ring (bicyclic) bond motifs is 1. The van der Waals surface area contributed by atoms with E-state index in [0.29, 0.717) is 61.4 Å². The number of piperazine rings is 1. The molecular weight excluding hydrogens is 366 g/mol. The Morgan fingerprint density at radius 1 is 1.32 bits per heavy atom. The van der Waals surface area contributed by atoms with Crippen molar-refractivity contribution in [2.75, 3.05) is 37.7 Å². The van der Waals surface area contributed by atoms with E-state index in [1.807, 2.05) is 11.8 Å². The summed E-state index contributed by atoms with van der Waals surface area (Å²) in [4.78, 5) is 39.2. The molecular formula is C18H19N5O5. The number of ether oxygens (including phenoxy) is 1. The highest BCUT2D eigenvalue weighted by Crippen LogP contribution is 2.23. The maximum atomic E-state index is 12.8. The first kappa shape index (κ1) is 17.8. The Morgan fingerprint density at radius 3 is 2.82 bits per heavy atom. The number of nitrogens with zero attached hydrogens (tertiary/aromatic N) is 4. The third-order valence-corrected chi connectivity index (χ3v) is 4.57. The summed E-state index contributed by atoms with van der Waals surface area (Å²) in [5.41, 5.74) is 0.973. The summed E-state index contributed by atoms with van der Waals surface area (Å²) in [6.07, 6.45) is 2.81. The maximum absolute atomic E-state index is 12.8. The van der Waals surface area contributed by atoms with Gasteiger partial charge < -0.3 is 29.0 Å². The summed E-state index contributed by atoms with van der Waals surface area (Å²) in [5, 5.41) is 9.16. The lowest BCUT2D eigenvalue weighted by molar-refractivity contribution is 0.0694. The number of anilines is 1. The molecule has 4 rings (SSSR count). The van der Waals surface area contributed by atoms with Crippen LogP contribution in [0.2, 0.25) is 0 Å². The number of carbonyl (C=O) groups excluding carboxylic acids is 1. The maximum Gasteiger partial charge on any atom is 0.341 e. The Kier molecular flexibility index (Phi) is 4.60. The Morgan fingerprint density at radius 2 is 2.11 bits per heavy atom. The highest BCUT2D eigenvalue weighted by molar-refractivity contribution is 6.04. The van der Waals surface area contributed by atoms with Crippen molar-refractivity contribution in [1.82, 2.24) is 19.9 Å². The third-order valence-electron chi connectivity index (χ3n) is 4.57. The first-order valence-corrected chi connectivity index (χ1v) is 8.90. The molecule has 1 saturated heterocycles. The minimum atomic E-state index is -1.11. The van der Waals surface area contributed by atoms with Gasteiger partial charge in [-0.3, -0.25) is 4.79 Å². The normalized spacial score (nSPS) is 14.5. The smallest absolute Gasteiger partial charge is 0.341 e. The summed E-state index contributed by atoms with van der Waals surface area (Å²) in [6.45, 7) is 4.57. The van der Waals surface area contributed by atoms with Crippen molar-refractivity contribution in [2.24, 2.45) is 0 Å². The molecule has 0 spiro atoms. The van der Waals surface area contributed by atoms with E-state index >= 15 is 0 Å². The molecule has 3 aromatic rings. The van der Waals surface area contributed by atoms with E-state index < -0.39 is 5.97 Å².